The zero-order valence-corrected chi connectivity index (χ0v) is 12.8. The van der Waals surface area contributed by atoms with E-state index in [-0.39, 0.29) is 6.61 Å². The van der Waals surface area contributed by atoms with Crippen LogP contribution in [0, 0.1) is 17.8 Å². The van der Waals surface area contributed by atoms with Gasteiger partial charge in [-0.15, -0.1) is 11.3 Å². The molecule has 0 bridgehead atoms. The van der Waals surface area contributed by atoms with Gasteiger partial charge in [0.1, 0.15) is 6.61 Å². The molecule has 3 rings (SSSR count). The topological polar surface area (TPSA) is 23.5 Å². The number of thiophene rings is 1. The lowest BCUT2D eigenvalue weighted by atomic mass is 9.78. The number of piperidine rings is 1. The molecule has 2 fully saturated rings. The second-order valence-corrected chi connectivity index (χ2v) is 7.12. The van der Waals surface area contributed by atoms with Crippen LogP contribution in [0.15, 0.2) is 12.1 Å². The first-order valence-electron chi connectivity index (χ1n) is 7.79. The number of hydrogen-bond donors (Lipinski definition) is 1. The number of likely N-dealkylation sites (tertiary alicyclic amines) is 1. The van der Waals surface area contributed by atoms with Gasteiger partial charge in [0.05, 0.1) is 4.88 Å². The maximum atomic E-state index is 8.75. The molecule has 2 atom stereocenters. The molecule has 1 saturated heterocycles. The molecule has 0 amide bonds. The molecule has 0 unspecified atom stereocenters. The van der Waals surface area contributed by atoms with Gasteiger partial charge in [-0.05, 0) is 50.3 Å². The smallest absolute Gasteiger partial charge is 0.104 e. The number of nitrogens with zero attached hydrogens (tertiary/aromatic N) is 1. The number of hydrogen-bond acceptors (Lipinski definition) is 3. The highest BCUT2D eigenvalue weighted by atomic mass is 32.1. The summed E-state index contributed by atoms with van der Waals surface area (Å²) >= 11 is 1.78. The molecule has 0 aromatic carbocycles. The molecular weight excluding hydrogens is 266 g/mol. The van der Waals surface area contributed by atoms with Gasteiger partial charge in [-0.25, -0.2) is 0 Å². The molecule has 2 heterocycles. The zero-order chi connectivity index (χ0) is 13.8. The highest BCUT2D eigenvalue weighted by Gasteiger charge is 2.33. The van der Waals surface area contributed by atoms with Crippen molar-refractivity contribution in [3.8, 4) is 11.8 Å². The summed E-state index contributed by atoms with van der Waals surface area (Å²) in [4.78, 5) is 5.20. The van der Waals surface area contributed by atoms with Crippen molar-refractivity contribution in [1.82, 2.24) is 4.90 Å². The van der Waals surface area contributed by atoms with E-state index in [0.29, 0.717) is 0 Å². The van der Waals surface area contributed by atoms with E-state index in [4.69, 9.17) is 5.11 Å². The van der Waals surface area contributed by atoms with E-state index in [0.717, 1.165) is 23.4 Å². The molecule has 1 aliphatic heterocycles. The van der Waals surface area contributed by atoms with Gasteiger partial charge in [-0.1, -0.05) is 24.7 Å². The summed E-state index contributed by atoms with van der Waals surface area (Å²) in [5.74, 6) is 6.69. The largest absolute Gasteiger partial charge is 0.384 e. The lowest BCUT2D eigenvalue weighted by Crippen LogP contribution is -2.46. The second kappa shape index (κ2) is 6.76. The summed E-state index contributed by atoms with van der Waals surface area (Å²) < 4.78 is 0. The fraction of sp³-hybridized carbons (Fsp3) is 0.647. The highest BCUT2D eigenvalue weighted by molar-refractivity contribution is 7.12. The first-order chi connectivity index (χ1) is 9.86. The van der Waals surface area contributed by atoms with E-state index in [1.165, 1.54) is 49.9 Å². The monoisotopic (exact) mass is 289 g/mol. The average molecular weight is 289 g/mol. The molecule has 0 spiro atoms. The van der Waals surface area contributed by atoms with E-state index >= 15 is 0 Å². The van der Waals surface area contributed by atoms with Crippen molar-refractivity contribution < 1.29 is 5.11 Å². The van der Waals surface area contributed by atoms with Crippen LogP contribution in [0.1, 0.15) is 48.3 Å². The standard InChI is InChI=1S/C17H23NOS/c19-12-4-7-15-9-10-16(20-15)13-18-11-3-6-14-5-1-2-8-17(14)18/h9-10,14,17,19H,1-3,5-6,8,11-13H2/t14-,17-/m1/s1. The summed E-state index contributed by atoms with van der Waals surface area (Å²) in [6, 6.07) is 5.12. The van der Waals surface area contributed by atoms with Gasteiger partial charge >= 0.3 is 0 Å². The minimum Gasteiger partial charge on any atom is -0.384 e. The molecule has 1 saturated carbocycles. The average Bonchev–Trinajstić information content (AvgIpc) is 2.93. The van der Waals surface area contributed by atoms with Gasteiger partial charge < -0.3 is 5.11 Å². The van der Waals surface area contributed by atoms with Gasteiger partial charge in [0.25, 0.3) is 0 Å². The Kier molecular flexibility index (Phi) is 4.77. The van der Waals surface area contributed by atoms with Gasteiger partial charge in [-0.2, -0.15) is 0 Å². The number of aliphatic hydroxyl groups excluding tert-OH is 1. The van der Waals surface area contributed by atoms with Crippen molar-refractivity contribution in [2.24, 2.45) is 5.92 Å². The predicted octanol–water partition coefficient (Wildman–Crippen LogP) is 3.25. The third-order valence-electron chi connectivity index (χ3n) is 4.67. The summed E-state index contributed by atoms with van der Waals surface area (Å²) in [5.41, 5.74) is 0. The minimum atomic E-state index is -0.0525. The Labute approximate surface area is 125 Å². The van der Waals surface area contributed by atoms with E-state index in [1.807, 2.05) is 0 Å². The van der Waals surface area contributed by atoms with Crippen LogP contribution in [-0.2, 0) is 6.54 Å². The molecular formula is C17H23NOS. The molecule has 0 radical (unpaired) electrons. The van der Waals surface area contributed by atoms with Crippen LogP contribution in [-0.4, -0.2) is 29.2 Å². The van der Waals surface area contributed by atoms with Crippen LogP contribution in [0.3, 0.4) is 0 Å². The fourth-order valence-electron chi connectivity index (χ4n) is 3.78. The van der Waals surface area contributed by atoms with Gasteiger partial charge in [0.2, 0.25) is 0 Å². The molecule has 1 aromatic heterocycles. The van der Waals surface area contributed by atoms with Crippen molar-refractivity contribution in [1.29, 1.82) is 0 Å². The third kappa shape index (κ3) is 3.25. The van der Waals surface area contributed by atoms with Crippen LogP contribution >= 0.6 is 11.3 Å². The Bertz CT molecular complexity index is 497. The van der Waals surface area contributed by atoms with Crippen molar-refractivity contribution in [3.05, 3.63) is 21.9 Å². The number of fused-ring (bicyclic) bond motifs is 1. The number of rotatable bonds is 2. The predicted molar refractivity (Wildman–Crippen MR) is 83.7 cm³/mol. The quantitative estimate of drug-likeness (QED) is 0.845. The molecule has 108 valence electrons. The lowest BCUT2D eigenvalue weighted by Gasteiger charge is -2.44. The maximum absolute atomic E-state index is 8.75. The molecule has 1 aliphatic carbocycles. The van der Waals surface area contributed by atoms with Gasteiger partial charge in [-0.3, -0.25) is 4.90 Å². The summed E-state index contributed by atoms with van der Waals surface area (Å²) in [5, 5.41) is 8.75. The maximum Gasteiger partial charge on any atom is 0.104 e. The number of aliphatic hydroxyl groups is 1. The summed E-state index contributed by atoms with van der Waals surface area (Å²) in [6.07, 6.45) is 8.50. The Morgan fingerprint density at radius 1 is 1.20 bits per heavy atom. The van der Waals surface area contributed by atoms with Crippen molar-refractivity contribution in [2.45, 2.75) is 51.1 Å². The SMILES string of the molecule is OCC#Cc1ccc(CN2CCC[C@H]3CCCC[C@H]32)s1. The van der Waals surface area contributed by atoms with Crippen LogP contribution < -0.4 is 0 Å². The van der Waals surface area contributed by atoms with Crippen LogP contribution in [0.25, 0.3) is 0 Å². The Morgan fingerprint density at radius 2 is 2.05 bits per heavy atom. The van der Waals surface area contributed by atoms with E-state index < -0.39 is 0 Å². The Hall–Kier alpha value is -0.820. The molecule has 1 aromatic rings. The minimum absolute atomic E-state index is 0.0525. The van der Waals surface area contributed by atoms with Gasteiger partial charge in [0, 0.05) is 17.5 Å². The third-order valence-corrected chi connectivity index (χ3v) is 5.65. The fourth-order valence-corrected chi connectivity index (χ4v) is 4.69. The second-order valence-electron chi connectivity index (χ2n) is 5.95. The molecule has 20 heavy (non-hydrogen) atoms. The van der Waals surface area contributed by atoms with Crippen LogP contribution in [0.5, 0.6) is 0 Å². The lowest BCUT2D eigenvalue weighted by molar-refractivity contribution is 0.0555. The normalized spacial score (nSPS) is 26.6. The molecule has 1 N–H and O–H groups in total. The van der Waals surface area contributed by atoms with Crippen molar-refractivity contribution in [2.75, 3.05) is 13.2 Å². The van der Waals surface area contributed by atoms with Crippen LogP contribution in [0.2, 0.25) is 0 Å². The van der Waals surface area contributed by atoms with Crippen LogP contribution in [0.4, 0.5) is 0 Å². The first-order valence-corrected chi connectivity index (χ1v) is 8.61. The molecule has 3 heteroatoms. The highest BCUT2D eigenvalue weighted by Crippen LogP contribution is 2.36. The molecule has 2 aliphatic rings. The Balaban J connectivity index is 1.65. The summed E-state index contributed by atoms with van der Waals surface area (Å²) in [6.45, 7) is 2.30. The Morgan fingerprint density at radius 3 is 2.95 bits per heavy atom. The molecule has 2 nitrogen and oxygen atoms in total. The zero-order valence-electron chi connectivity index (χ0n) is 12.0. The van der Waals surface area contributed by atoms with E-state index in [2.05, 4.69) is 28.9 Å². The van der Waals surface area contributed by atoms with E-state index in [9.17, 15) is 0 Å². The van der Waals surface area contributed by atoms with Crippen molar-refractivity contribution in [3.63, 3.8) is 0 Å². The van der Waals surface area contributed by atoms with Crippen molar-refractivity contribution >= 4 is 11.3 Å². The summed E-state index contributed by atoms with van der Waals surface area (Å²) in [7, 11) is 0. The van der Waals surface area contributed by atoms with Gasteiger partial charge in [0.15, 0.2) is 0 Å². The van der Waals surface area contributed by atoms with E-state index in [1.54, 1.807) is 11.3 Å². The first kappa shape index (κ1) is 14.1.